The molecule has 2 aliphatic heterocycles. The first-order valence-corrected chi connectivity index (χ1v) is 6.60. The van der Waals surface area contributed by atoms with Crippen LogP contribution in [0.2, 0.25) is 0 Å². The van der Waals surface area contributed by atoms with Crippen molar-refractivity contribution in [3.8, 4) is 11.5 Å². The molecule has 1 aromatic carbocycles. The highest BCUT2D eigenvalue weighted by Crippen LogP contribution is 2.32. The molecule has 4 heteroatoms. The first-order chi connectivity index (χ1) is 8.92. The van der Waals surface area contributed by atoms with Gasteiger partial charge >= 0.3 is 0 Å². The minimum Gasteiger partial charge on any atom is -0.454 e. The van der Waals surface area contributed by atoms with Crippen molar-refractivity contribution in [3.05, 3.63) is 23.8 Å². The SMILES string of the molecule is C(=N/N1CCCCCC1)/c1ccc2c(c1)OCO2. The van der Waals surface area contributed by atoms with Crippen molar-refractivity contribution in [2.75, 3.05) is 19.9 Å². The summed E-state index contributed by atoms with van der Waals surface area (Å²) in [4.78, 5) is 0. The highest BCUT2D eigenvalue weighted by atomic mass is 16.7. The van der Waals surface area contributed by atoms with Gasteiger partial charge < -0.3 is 9.47 Å². The van der Waals surface area contributed by atoms with Crippen LogP contribution in [0.25, 0.3) is 0 Å². The van der Waals surface area contributed by atoms with Gasteiger partial charge in [0.25, 0.3) is 0 Å². The minimum atomic E-state index is 0.321. The third-order valence-corrected chi connectivity index (χ3v) is 3.35. The van der Waals surface area contributed by atoms with Gasteiger partial charge in [0.1, 0.15) is 0 Å². The Morgan fingerprint density at radius 1 is 1.00 bits per heavy atom. The van der Waals surface area contributed by atoms with Crippen LogP contribution in [0, 0.1) is 0 Å². The summed E-state index contributed by atoms with van der Waals surface area (Å²) >= 11 is 0. The van der Waals surface area contributed by atoms with Crippen molar-refractivity contribution >= 4 is 6.21 Å². The molecular weight excluding hydrogens is 228 g/mol. The van der Waals surface area contributed by atoms with Gasteiger partial charge in [-0.3, -0.25) is 5.01 Å². The van der Waals surface area contributed by atoms with E-state index in [4.69, 9.17) is 9.47 Å². The summed E-state index contributed by atoms with van der Waals surface area (Å²) in [6, 6.07) is 5.92. The molecule has 0 radical (unpaired) electrons. The second-order valence-electron chi connectivity index (χ2n) is 4.73. The zero-order valence-corrected chi connectivity index (χ0v) is 10.5. The second kappa shape index (κ2) is 5.29. The summed E-state index contributed by atoms with van der Waals surface area (Å²) in [5.74, 6) is 1.64. The van der Waals surface area contributed by atoms with Gasteiger partial charge in [0.15, 0.2) is 11.5 Å². The fourth-order valence-electron chi connectivity index (χ4n) is 2.31. The Labute approximate surface area is 107 Å². The van der Waals surface area contributed by atoms with Crippen LogP contribution in [-0.2, 0) is 0 Å². The summed E-state index contributed by atoms with van der Waals surface area (Å²) in [7, 11) is 0. The van der Waals surface area contributed by atoms with Crippen LogP contribution < -0.4 is 9.47 Å². The molecule has 0 aromatic heterocycles. The number of fused-ring (bicyclic) bond motifs is 1. The maximum absolute atomic E-state index is 5.35. The van der Waals surface area contributed by atoms with E-state index in [0.29, 0.717) is 6.79 Å². The van der Waals surface area contributed by atoms with Crippen molar-refractivity contribution in [1.29, 1.82) is 0 Å². The van der Waals surface area contributed by atoms with Gasteiger partial charge in [-0.05, 0) is 36.6 Å². The van der Waals surface area contributed by atoms with Crippen LogP contribution in [0.15, 0.2) is 23.3 Å². The number of hydrogen-bond acceptors (Lipinski definition) is 4. The van der Waals surface area contributed by atoms with Gasteiger partial charge in [-0.25, -0.2) is 0 Å². The Balaban J connectivity index is 1.67. The summed E-state index contributed by atoms with van der Waals surface area (Å²) in [6.07, 6.45) is 7.07. The van der Waals surface area contributed by atoms with Crippen LogP contribution in [0.5, 0.6) is 11.5 Å². The Hall–Kier alpha value is -1.71. The molecule has 2 heterocycles. The molecule has 0 N–H and O–H groups in total. The number of hydrazone groups is 1. The van der Waals surface area contributed by atoms with Crippen molar-refractivity contribution in [2.24, 2.45) is 5.10 Å². The summed E-state index contributed by atoms with van der Waals surface area (Å²) in [6.45, 7) is 2.46. The average molecular weight is 246 g/mol. The number of rotatable bonds is 2. The fourth-order valence-corrected chi connectivity index (χ4v) is 2.31. The van der Waals surface area contributed by atoms with E-state index >= 15 is 0 Å². The van der Waals surface area contributed by atoms with Crippen LogP contribution in [-0.4, -0.2) is 31.1 Å². The lowest BCUT2D eigenvalue weighted by Gasteiger charge is -2.15. The van der Waals surface area contributed by atoms with Crippen LogP contribution in [0.1, 0.15) is 31.2 Å². The normalized spacial score (nSPS) is 19.2. The molecule has 2 aliphatic rings. The first kappa shape index (κ1) is 11.4. The molecule has 0 bridgehead atoms. The molecule has 1 aromatic rings. The topological polar surface area (TPSA) is 34.1 Å². The average Bonchev–Trinajstić information content (AvgIpc) is 2.70. The molecule has 0 spiro atoms. The third kappa shape index (κ3) is 2.58. The van der Waals surface area contributed by atoms with Crippen molar-refractivity contribution < 1.29 is 9.47 Å². The molecule has 0 aliphatic carbocycles. The lowest BCUT2D eigenvalue weighted by atomic mass is 10.2. The standard InChI is InChI=1S/C14H18N2O2/c1-2-4-8-16(7-3-1)15-10-12-5-6-13-14(9-12)18-11-17-13/h5-6,9-10H,1-4,7-8,11H2/b15-10-. The predicted molar refractivity (Wildman–Crippen MR) is 70.2 cm³/mol. The molecule has 96 valence electrons. The van der Waals surface area contributed by atoms with Gasteiger partial charge in [-0.2, -0.15) is 5.10 Å². The summed E-state index contributed by atoms with van der Waals surface area (Å²) in [5, 5.41) is 6.72. The van der Waals surface area contributed by atoms with Crippen molar-refractivity contribution in [1.82, 2.24) is 5.01 Å². The van der Waals surface area contributed by atoms with E-state index in [0.717, 1.165) is 30.2 Å². The second-order valence-corrected chi connectivity index (χ2v) is 4.73. The number of benzene rings is 1. The molecule has 1 fully saturated rings. The largest absolute Gasteiger partial charge is 0.454 e. The maximum atomic E-state index is 5.35. The maximum Gasteiger partial charge on any atom is 0.231 e. The van der Waals surface area contributed by atoms with E-state index < -0.39 is 0 Å². The Bertz CT molecular complexity index is 437. The third-order valence-electron chi connectivity index (χ3n) is 3.35. The molecular formula is C14H18N2O2. The van der Waals surface area contributed by atoms with E-state index in [1.54, 1.807) is 0 Å². The number of hydrogen-bond donors (Lipinski definition) is 0. The minimum absolute atomic E-state index is 0.321. The Morgan fingerprint density at radius 3 is 2.61 bits per heavy atom. The highest BCUT2D eigenvalue weighted by Gasteiger charge is 2.12. The smallest absolute Gasteiger partial charge is 0.231 e. The van der Waals surface area contributed by atoms with Gasteiger partial charge in [0.05, 0.1) is 6.21 Å². The van der Waals surface area contributed by atoms with Gasteiger partial charge in [-0.15, -0.1) is 0 Å². The molecule has 3 rings (SSSR count). The van der Waals surface area contributed by atoms with Crippen LogP contribution >= 0.6 is 0 Å². The monoisotopic (exact) mass is 246 g/mol. The number of ether oxygens (including phenoxy) is 2. The van der Waals surface area contributed by atoms with Gasteiger partial charge in [0, 0.05) is 13.1 Å². The van der Waals surface area contributed by atoms with E-state index in [2.05, 4.69) is 10.1 Å². The van der Waals surface area contributed by atoms with Crippen molar-refractivity contribution in [2.45, 2.75) is 25.7 Å². The van der Waals surface area contributed by atoms with Crippen LogP contribution in [0.3, 0.4) is 0 Å². The van der Waals surface area contributed by atoms with Crippen LogP contribution in [0.4, 0.5) is 0 Å². The molecule has 0 amide bonds. The molecule has 18 heavy (non-hydrogen) atoms. The van der Waals surface area contributed by atoms with E-state index in [9.17, 15) is 0 Å². The molecule has 0 atom stereocenters. The lowest BCUT2D eigenvalue weighted by molar-refractivity contribution is 0.174. The Kier molecular flexibility index (Phi) is 3.35. The molecule has 1 saturated heterocycles. The Morgan fingerprint density at radius 2 is 1.78 bits per heavy atom. The molecule has 0 saturated carbocycles. The van der Waals surface area contributed by atoms with Gasteiger partial charge in [0.2, 0.25) is 6.79 Å². The van der Waals surface area contributed by atoms with Gasteiger partial charge in [-0.1, -0.05) is 12.8 Å². The summed E-state index contributed by atoms with van der Waals surface area (Å²) < 4.78 is 10.6. The molecule has 0 unspecified atom stereocenters. The zero-order chi connectivity index (χ0) is 12.2. The lowest BCUT2D eigenvalue weighted by Crippen LogP contribution is -2.18. The molecule has 4 nitrogen and oxygen atoms in total. The predicted octanol–water partition coefficient (Wildman–Crippen LogP) is 2.63. The quantitative estimate of drug-likeness (QED) is 0.752. The fraction of sp³-hybridized carbons (Fsp3) is 0.500. The van der Waals surface area contributed by atoms with E-state index in [1.807, 2.05) is 24.4 Å². The zero-order valence-electron chi connectivity index (χ0n) is 10.5. The highest BCUT2D eigenvalue weighted by molar-refractivity contribution is 5.80. The van der Waals surface area contributed by atoms with Crippen molar-refractivity contribution in [3.63, 3.8) is 0 Å². The summed E-state index contributed by atoms with van der Waals surface area (Å²) in [5.41, 5.74) is 1.06. The van der Waals surface area contributed by atoms with E-state index in [1.165, 1.54) is 25.7 Å². The van der Waals surface area contributed by atoms with E-state index in [-0.39, 0.29) is 0 Å². The number of nitrogens with zero attached hydrogens (tertiary/aromatic N) is 2. The first-order valence-electron chi connectivity index (χ1n) is 6.60.